The quantitative estimate of drug-likeness (QED) is 0.632. The number of halogens is 1. The zero-order valence-corrected chi connectivity index (χ0v) is 6.57. The van der Waals surface area contributed by atoms with Crippen LogP contribution >= 0.6 is 11.8 Å². The molecule has 0 aliphatic heterocycles. The van der Waals surface area contributed by atoms with Gasteiger partial charge in [-0.15, -0.1) is 0 Å². The van der Waals surface area contributed by atoms with Crippen molar-refractivity contribution >= 4 is 11.8 Å². The molecule has 0 heterocycles. The molecule has 1 aromatic carbocycles. The predicted molar refractivity (Wildman–Crippen MR) is 43.3 cm³/mol. The van der Waals surface area contributed by atoms with E-state index < -0.39 is 0 Å². The van der Waals surface area contributed by atoms with E-state index in [0.29, 0.717) is 5.75 Å². The van der Waals surface area contributed by atoms with Gasteiger partial charge in [0.25, 0.3) is 0 Å². The number of thiocyanates is 1. The number of nitrogens with zero attached hydrogens (tertiary/aromatic N) is 1. The molecule has 1 aromatic rings. The lowest BCUT2D eigenvalue weighted by Crippen LogP contribution is -1.79. The summed E-state index contributed by atoms with van der Waals surface area (Å²) in [6, 6.07) is 6.15. The maximum Gasteiger partial charge on any atom is 0.133 e. The smallest absolute Gasteiger partial charge is 0.133 e. The van der Waals surface area contributed by atoms with Gasteiger partial charge in [0, 0.05) is 5.75 Å². The van der Waals surface area contributed by atoms with Gasteiger partial charge < -0.3 is 0 Å². The van der Waals surface area contributed by atoms with Crippen LogP contribution in [0.25, 0.3) is 0 Å². The minimum atomic E-state index is -0.240. The molecule has 1 nitrogen and oxygen atoms in total. The topological polar surface area (TPSA) is 23.8 Å². The maximum absolute atomic E-state index is 12.3. The van der Waals surface area contributed by atoms with E-state index in [9.17, 15) is 4.39 Å². The van der Waals surface area contributed by atoms with Crippen LogP contribution in [0.1, 0.15) is 5.56 Å². The first-order valence-corrected chi connectivity index (χ1v) is 4.07. The van der Waals surface area contributed by atoms with Gasteiger partial charge in [-0.3, -0.25) is 0 Å². The summed E-state index contributed by atoms with van der Waals surface area (Å²) in [5, 5.41) is 10.2. The van der Waals surface area contributed by atoms with E-state index in [4.69, 9.17) is 5.26 Å². The molecule has 0 saturated carbocycles. The van der Waals surface area contributed by atoms with Crippen LogP contribution in [-0.4, -0.2) is 0 Å². The van der Waals surface area contributed by atoms with Gasteiger partial charge in [-0.2, -0.15) is 5.26 Å². The van der Waals surface area contributed by atoms with E-state index in [-0.39, 0.29) is 5.82 Å². The van der Waals surface area contributed by atoms with Crippen molar-refractivity contribution in [2.75, 3.05) is 0 Å². The Balaban J connectivity index is 2.60. The van der Waals surface area contributed by atoms with E-state index in [2.05, 4.69) is 0 Å². The zero-order chi connectivity index (χ0) is 8.10. The van der Waals surface area contributed by atoms with Crippen molar-refractivity contribution in [1.29, 1.82) is 5.26 Å². The molecule has 3 heteroatoms. The summed E-state index contributed by atoms with van der Waals surface area (Å²) >= 11 is 1.15. The fraction of sp³-hybridized carbons (Fsp3) is 0.125. The van der Waals surface area contributed by atoms with Crippen molar-refractivity contribution < 1.29 is 4.39 Å². The lowest BCUT2D eigenvalue weighted by atomic mass is 10.2. The highest BCUT2D eigenvalue weighted by Crippen LogP contribution is 2.10. The summed E-state index contributed by atoms with van der Waals surface area (Å²) in [7, 11) is 0. The number of thioether (sulfide) groups is 1. The number of hydrogen-bond acceptors (Lipinski definition) is 2. The fourth-order valence-corrected chi connectivity index (χ4v) is 1.12. The summed E-state index contributed by atoms with van der Waals surface area (Å²) < 4.78 is 12.3. The normalized spacial score (nSPS) is 9.09. The first-order valence-electron chi connectivity index (χ1n) is 3.08. The Hall–Kier alpha value is -1.01. The first-order chi connectivity index (χ1) is 5.33. The van der Waals surface area contributed by atoms with Crippen molar-refractivity contribution in [2.45, 2.75) is 5.75 Å². The Kier molecular flexibility index (Phi) is 2.94. The molecule has 0 spiro atoms. The second-order valence-corrected chi connectivity index (χ2v) is 2.77. The van der Waals surface area contributed by atoms with Gasteiger partial charge in [0.1, 0.15) is 11.2 Å². The Morgan fingerprint density at radius 1 is 1.36 bits per heavy atom. The fourth-order valence-electron chi connectivity index (χ4n) is 0.696. The molecule has 0 saturated heterocycles. The Morgan fingerprint density at radius 2 is 2.00 bits per heavy atom. The molecule has 0 amide bonds. The van der Waals surface area contributed by atoms with Gasteiger partial charge in [-0.1, -0.05) is 12.1 Å². The van der Waals surface area contributed by atoms with Crippen LogP contribution in [0.5, 0.6) is 0 Å². The van der Waals surface area contributed by atoms with Crippen molar-refractivity contribution in [3.8, 4) is 5.40 Å². The molecule has 1 rings (SSSR count). The van der Waals surface area contributed by atoms with Gasteiger partial charge in [-0.25, -0.2) is 4.39 Å². The van der Waals surface area contributed by atoms with Crippen molar-refractivity contribution in [2.24, 2.45) is 0 Å². The molecule has 56 valence electrons. The number of nitriles is 1. The van der Waals surface area contributed by atoms with Crippen LogP contribution in [-0.2, 0) is 5.75 Å². The second-order valence-electron chi connectivity index (χ2n) is 2.01. The van der Waals surface area contributed by atoms with Crippen LogP contribution in [0.2, 0.25) is 0 Å². The minimum absolute atomic E-state index is 0.240. The summed E-state index contributed by atoms with van der Waals surface area (Å²) in [5.41, 5.74) is 0.970. The third-order valence-corrected chi connectivity index (χ3v) is 1.82. The molecule has 0 aliphatic carbocycles. The van der Waals surface area contributed by atoms with Gasteiger partial charge in [-0.05, 0) is 29.5 Å². The predicted octanol–water partition coefficient (Wildman–Crippen LogP) is 2.54. The number of rotatable bonds is 2. The first kappa shape index (κ1) is 8.09. The molecule has 0 radical (unpaired) electrons. The van der Waals surface area contributed by atoms with E-state index in [0.717, 1.165) is 17.3 Å². The number of hydrogen-bond donors (Lipinski definition) is 0. The van der Waals surface area contributed by atoms with Crippen molar-refractivity contribution in [3.05, 3.63) is 35.6 Å². The molecule has 11 heavy (non-hydrogen) atoms. The third kappa shape index (κ3) is 2.60. The molecule has 0 aromatic heterocycles. The Bertz CT molecular complexity index is 262. The highest BCUT2D eigenvalue weighted by Gasteiger charge is 1.92. The molecule has 0 N–H and O–H groups in total. The van der Waals surface area contributed by atoms with E-state index in [1.54, 1.807) is 12.1 Å². The molecule has 0 fully saturated rings. The van der Waals surface area contributed by atoms with Crippen molar-refractivity contribution in [3.63, 3.8) is 0 Å². The van der Waals surface area contributed by atoms with Gasteiger partial charge in [0.15, 0.2) is 0 Å². The molecule has 0 unspecified atom stereocenters. The summed E-state index contributed by atoms with van der Waals surface area (Å²) in [5.74, 6) is 0.382. The number of benzene rings is 1. The van der Waals surface area contributed by atoms with Gasteiger partial charge >= 0.3 is 0 Å². The van der Waals surface area contributed by atoms with Crippen LogP contribution < -0.4 is 0 Å². The van der Waals surface area contributed by atoms with E-state index in [1.165, 1.54) is 12.1 Å². The maximum atomic E-state index is 12.3. The Labute approximate surface area is 68.8 Å². The lowest BCUT2D eigenvalue weighted by Gasteiger charge is -1.94. The average molecular weight is 167 g/mol. The zero-order valence-electron chi connectivity index (χ0n) is 5.75. The summed E-state index contributed by atoms with van der Waals surface area (Å²) in [4.78, 5) is 0. The van der Waals surface area contributed by atoms with Crippen LogP contribution in [0, 0.1) is 16.5 Å². The van der Waals surface area contributed by atoms with Gasteiger partial charge in [0.05, 0.1) is 0 Å². The standard InChI is InChI=1S/C8H6FNS/c9-8-3-1-7(2-4-8)5-11-6-10/h1-4H,5H2. The molecular formula is C8H6FNS. The second kappa shape index (κ2) is 3.99. The molecule has 0 atom stereocenters. The molecular weight excluding hydrogens is 161 g/mol. The highest BCUT2D eigenvalue weighted by molar-refractivity contribution is 8.02. The van der Waals surface area contributed by atoms with Gasteiger partial charge in [0.2, 0.25) is 0 Å². The van der Waals surface area contributed by atoms with Crippen LogP contribution in [0.4, 0.5) is 4.39 Å². The summed E-state index contributed by atoms with van der Waals surface area (Å²) in [6.07, 6.45) is 0. The minimum Gasteiger partial charge on any atom is -0.207 e. The average Bonchev–Trinajstić information content (AvgIpc) is 2.04. The molecule has 0 aliphatic rings. The molecule has 0 bridgehead atoms. The van der Waals surface area contributed by atoms with Crippen LogP contribution in [0.15, 0.2) is 24.3 Å². The summed E-state index contributed by atoms with van der Waals surface area (Å²) in [6.45, 7) is 0. The van der Waals surface area contributed by atoms with E-state index in [1.807, 2.05) is 5.40 Å². The van der Waals surface area contributed by atoms with Crippen LogP contribution in [0.3, 0.4) is 0 Å². The largest absolute Gasteiger partial charge is 0.207 e. The highest BCUT2D eigenvalue weighted by atomic mass is 32.2. The SMILES string of the molecule is N#CSCc1ccc(F)cc1. The third-order valence-electron chi connectivity index (χ3n) is 1.22. The van der Waals surface area contributed by atoms with Crippen molar-refractivity contribution in [1.82, 2.24) is 0 Å². The lowest BCUT2D eigenvalue weighted by molar-refractivity contribution is 0.627. The Morgan fingerprint density at radius 3 is 2.55 bits per heavy atom. The monoisotopic (exact) mass is 167 g/mol. The van der Waals surface area contributed by atoms with E-state index >= 15 is 0 Å².